The maximum Gasteiger partial charge on any atom is 0.251 e. The Balaban J connectivity index is 1.44. The van der Waals surface area contributed by atoms with E-state index in [1.54, 1.807) is 41.3 Å². The van der Waals surface area contributed by atoms with Gasteiger partial charge < -0.3 is 15.4 Å². The smallest absolute Gasteiger partial charge is 0.251 e. The van der Waals surface area contributed by atoms with Gasteiger partial charge in [-0.2, -0.15) is 5.10 Å². The molecule has 0 aliphatic carbocycles. The van der Waals surface area contributed by atoms with E-state index in [1.165, 1.54) is 6.42 Å². The van der Waals surface area contributed by atoms with E-state index in [0.29, 0.717) is 17.8 Å². The molecule has 0 unspecified atom stereocenters. The molecule has 1 aliphatic rings. The average Bonchev–Trinajstić information content (AvgIpc) is 3.08. The molecule has 1 fully saturated rings. The summed E-state index contributed by atoms with van der Waals surface area (Å²) in [4.78, 5) is 23.9. The molecule has 0 radical (unpaired) electrons. The Morgan fingerprint density at radius 2 is 2.08 bits per heavy atom. The van der Waals surface area contributed by atoms with E-state index in [0.717, 1.165) is 19.4 Å². The molecule has 0 bridgehead atoms. The van der Waals surface area contributed by atoms with Gasteiger partial charge in [-0.3, -0.25) is 14.3 Å². The summed E-state index contributed by atoms with van der Waals surface area (Å²) in [5.41, 5.74) is 1.13. The van der Waals surface area contributed by atoms with Crippen molar-refractivity contribution in [1.82, 2.24) is 15.1 Å². The molecule has 0 spiro atoms. The molecule has 1 aliphatic heterocycles. The van der Waals surface area contributed by atoms with Gasteiger partial charge in [0.2, 0.25) is 5.91 Å². The second kappa shape index (κ2) is 8.43. The van der Waals surface area contributed by atoms with E-state index >= 15 is 0 Å². The van der Waals surface area contributed by atoms with Crippen LogP contribution in [-0.4, -0.2) is 40.9 Å². The van der Waals surface area contributed by atoms with Crippen molar-refractivity contribution in [1.29, 1.82) is 0 Å². The largest absolute Gasteiger partial charge is 0.376 e. The van der Waals surface area contributed by atoms with Crippen molar-refractivity contribution in [2.24, 2.45) is 0 Å². The molecule has 2 aromatic rings. The van der Waals surface area contributed by atoms with Gasteiger partial charge in [-0.1, -0.05) is 18.2 Å². The Labute approximate surface area is 146 Å². The van der Waals surface area contributed by atoms with Gasteiger partial charge in [-0.05, 0) is 31.4 Å². The van der Waals surface area contributed by atoms with Crippen LogP contribution < -0.4 is 10.6 Å². The van der Waals surface area contributed by atoms with Gasteiger partial charge in [0.25, 0.3) is 5.91 Å². The molecule has 1 atom stereocenters. The van der Waals surface area contributed by atoms with Crippen molar-refractivity contribution in [3.63, 3.8) is 0 Å². The summed E-state index contributed by atoms with van der Waals surface area (Å²) >= 11 is 0. The molecule has 0 saturated carbocycles. The highest BCUT2D eigenvalue weighted by Crippen LogP contribution is 2.15. The zero-order valence-electron chi connectivity index (χ0n) is 14.0. The molecule has 1 aromatic heterocycles. The number of hydrogen-bond donors (Lipinski definition) is 2. The van der Waals surface area contributed by atoms with Gasteiger partial charge in [0, 0.05) is 18.4 Å². The Kier molecular flexibility index (Phi) is 5.79. The van der Waals surface area contributed by atoms with E-state index in [1.807, 2.05) is 6.07 Å². The van der Waals surface area contributed by atoms with Gasteiger partial charge in [-0.25, -0.2) is 0 Å². The van der Waals surface area contributed by atoms with Crippen LogP contribution in [0.2, 0.25) is 0 Å². The number of hydrogen-bond acceptors (Lipinski definition) is 4. The van der Waals surface area contributed by atoms with E-state index in [-0.39, 0.29) is 24.5 Å². The van der Waals surface area contributed by atoms with E-state index < -0.39 is 0 Å². The van der Waals surface area contributed by atoms with Crippen LogP contribution >= 0.6 is 0 Å². The number of amides is 2. The van der Waals surface area contributed by atoms with Crippen LogP contribution in [0.3, 0.4) is 0 Å². The first-order valence-corrected chi connectivity index (χ1v) is 8.48. The normalized spacial score (nSPS) is 17.0. The first kappa shape index (κ1) is 17.2. The summed E-state index contributed by atoms with van der Waals surface area (Å²) in [6, 6.07) is 8.79. The first-order chi connectivity index (χ1) is 12.2. The van der Waals surface area contributed by atoms with Gasteiger partial charge in [0.1, 0.15) is 0 Å². The number of nitrogens with zero attached hydrogens (tertiary/aromatic N) is 2. The Morgan fingerprint density at radius 3 is 2.84 bits per heavy atom. The lowest BCUT2D eigenvalue weighted by molar-refractivity contribution is -0.115. The summed E-state index contributed by atoms with van der Waals surface area (Å²) < 4.78 is 7.46. The molecule has 2 amide bonds. The van der Waals surface area contributed by atoms with E-state index in [9.17, 15) is 9.59 Å². The predicted molar refractivity (Wildman–Crippen MR) is 93.2 cm³/mol. The van der Waals surface area contributed by atoms with Crippen LogP contribution in [-0.2, 0) is 16.1 Å². The highest BCUT2D eigenvalue weighted by molar-refractivity contribution is 5.99. The fourth-order valence-electron chi connectivity index (χ4n) is 2.75. The number of rotatable bonds is 6. The molecule has 2 heterocycles. The van der Waals surface area contributed by atoms with Gasteiger partial charge in [0.15, 0.2) is 0 Å². The minimum atomic E-state index is -0.294. The molecule has 1 saturated heterocycles. The fraction of sp³-hybridized carbons (Fsp3) is 0.389. The van der Waals surface area contributed by atoms with Crippen molar-refractivity contribution >= 4 is 17.5 Å². The second-order valence-electron chi connectivity index (χ2n) is 6.04. The lowest BCUT2D eigenvalue weighted by atomic mass is 10.1. The minimum Gasteiger partial charge on any atom is -0.376 e. The Morgan fingerprint density at radius 1 is 1.24 bits per heavy atom. The molecule has 25 heavy (non-hydrogen) atoms. The molecule has 7 nitrogen and oxygen atoms in total. The number of carbonyl (C=O) groups excluding carboxylic acids is 2. The summed E-state index contributed by atoms with van der Waals surface area (Å²) in [6.07, 6.45) is 6.88. The van der Waals surface area contributed by atoms with Crippen molar-refractivity contribution < 1.29 is 14.3 Å². The van der Waals surface area contributed by atoms with Crippen molar-refractivity contribution in [2.75, 3.05) is 18.5 Å². The number of carbonyl (C=O) groups is 2. The molecule has 2 N–H and O–H groups in total. The molecule has 3 rings (SSSR count). The minimum absolute atomic E-state index is 0.0926. The number of benzene rings is 1. The van der Waals surface area contributed by atoms with Crippen LogP contribution in [0, 0.1) is 0 Å². The molecule has 1 aromatic carbocycles. The maximum absolute atomic E-state index is 12.0. The van der Waals surface area contributed by atoms with Crippen molar-refractivity contribution in [3.05, 3.63) is 48.3 Å². The third kappa shape index (κ3) is 5.15. The molecule has 7 heteroatoms. The Hall–Kier alpha value is -2.67. The van der Waals surface area contributed by atoms with Crippen molar-refractivity contribution in [3.8, 4) is 0 Å². The monoisotopic (exact) mass is 342 g/mol. The summed E-state index contributed by atoms with van der Waals surface area (Å²) in [7, 11) is 0. The molecular weight excluding hydrogens is 320 g/mol. The van der Waals surface area contributed by atoms with Crippen LogP contribution in [0.15, 0.2) is 42.7 Å². The van der Waals surface area contributed by atoms with Gasteiger partial charge >= 0.3 is 0 Å². The van der Waals surface area contributed by atoms with Gasteiger partial charge in [0.05, 0.1) is 31.1 Å². The zero-order chi connectivity index (χ0) is 17.5. The predicted octanol–water partition coefficient (Wildman–Crippen LogP) is 1.82. The number of aromatic nitrogens is 2. The van der Waals surface area contributed by atoms with Crippen molar-refractivity contribution in [2.45, 2.75) is 31.9 Å². The number of ether oxygens (including phenoxy) is 1. The quantitative estimate of drug-likeness (QED) is 0.838. The maximum atomic E-state index is 12.0. The topological polar surface area (TPSA) is 85.3 Å². The van der Waals surface area contributed by atoms with E-state index in [2.05, 4.69) is 15.7 Å². The standard InChI is InChI=1S/C18H22N4O3/c23-17(11-19-18(24)14-6-2-1-3-7-14)21-15-10-20-22(12-15)13-16-8-4-5-9-25-16/h1-3,6-7,10,12,16H,4-5,8-9,11,13H2,(H,19,24)(H,21,23)/t16-/m1/s1. The van der Waals surface area contributed by atoms with Crippen LogP contribution in [0.25, 0.3) is 0 Å². The van der Waals surface area contributed by atoms with Crippen LogP contribution in [0.4, 0.5) is 5.69 Å². The lowest BCUT2D eigenvalue weighted by Gasteiger charge is -2.22. The molecule has 132 valence electrons. The SMILES string of the molecule is O=C(CNC(=O)c1ccccc1)Nc1cnn(C[C@H]2CCCCO2)c1. The number of anilines is 1. The van der Waals surface area contributed by atoms with Gasteiger partial charge in [-0.15, -0.1) is 0 Å². The summed E-state index contributed by atoms with van der Waals surface area (Å²) in [5.74, 6) is -0.571. The first-order valence-electron chi connectivity index (χ1n) is 8.48. The number of nitrogens with one attached hydrogen (secondary N) is 2. The molecular formula is C18H22N4O3. The summed E-state index contributed by atoms with van der Waals surface area (Å²) in [6.45, 7) is 1.39. The third-order valence-electron chi connectivity index (χ3n) is 4.03. The average molecular weight is 342 g/mol. The lowest BCUT2D eigenvalue weighted by Crippen LogP contribution is -2.32. The van der Waals surface area contributed by atoms with E-state index in [4.69, 9.17) is 4.74 Å². The zero-order valence-corrected chi connectivity index (χ0v) is 14.0. The Bertz CT molecular complexity index is 708. The van der Waals surface area contributed by atoms with Crippen LogP contribution in [0.5, 0.6) is 0 Å². The highest BCUT2D eigenvalue weighted by Gasteiger charge is 2.15. The summed E-state index contributed by atoms with van der Waals surface area (Å²) in [5, 5.41) is 9.56. The van der Waals surface area contributed by atoms with Crippen LogP contribution in [0.1, 0.15) is 29.6 Å². The third-order valence-corrected chi connectivity index (χ3v) is 4.03. The highest BCUT2D eigenvalue weighted by atomic mass is 16.5. The fourth-order valence-corrected chi connectivity index (χ4v) is 2.75. The second-order valence-corrected chi connectivity index (χ2v) is 6.04.